The number of hydrogen-bond donors (Lipinski definition) is 1. The smallest absolute Gasteiger partial charge is 0.115 e. The maximum Gasteiger partial charge on any atom is 0.115 e. The van der Waals surface area contributed by atoms with Crippen LogP contribution in [0, 0.1) is 6.42 Å². The van der Waals surface area contributed by atoms with Gasteiger partial charge in [0.1, 0.15) is 5.75 Å². The van der Waals surface area contributed by atoms with Crippen LogP contribution in [0.25, 0.3) is 6.08 Å². The zero-order chi connectivity index (χ0) is 9.68. The Bertz CT molecular complexity index is 282. The second kappa shape index (κ2) is 4.70. The zero-order valence-corrected chi connectivity index (χ0v) is 8.12. The van der Waals surface area contributed by atoms with E-state index in [4.69, 9.17) is 5.11 Å². The van der Waals surface area contributed by atoms with Crippen molar-refractivity contribution in [3.63, 3.8) is 0 Å². The van der Waals surface area contributed by atoms with Gasteiger partial charge in [0.2, 0.25) is 0 Å². The summed E-state index contributed by atoms with van der Waals surface area (Å²) in [5.41, 5.74) is 2.38. The van der Waals surface area contributed by atoms with Crippen LogP contribution in [-0.2, 0) is 0 Å². The average molecular weight is 175 g/mol. The molecule has 13 heavy (non-hydrogen) atoms. The van der Waals surface area contributed by atoms with Crippen LogP contribution in [0.5, 0.6) is 5.75 Å². The van der Waals surface area contributed by atoms with Crippen molar-refractivity contribution in [3.8, 4) is 5.75 Å². The first-order valence-electron chi connectivity index (χ1n) is 4.53. The van der Waals surface area contributed by atoms with E-state index in [1.807, 2.05) is 12.1 Å². The number of aromatic hydroxyl groups is 1. The molecule has 0 spiro atoms. The molecule has 1 aromatic carbocycles. The van der Waals surface area contributed by atoms with Crippen LogP contribution in [0.4, 0.5) is 0 Å². The molecule has 1 heteroatoms. The third-order valence-electron chi connectivity index (χ3n) is 1.81. The minimum Gasteiger partial charge on any atom is -0.508 e. The highest BCUT2D eigenvalue weighted by Gasteiger charge is 1.91. The topological polar surface area (TPSA) is 20.2 Å². The zero-order valence-electron chi connectivity index (χ0n) is 8.12. The van der Waals surface area contributed by atoms with Crippen molar-refractivity contribution in [2.24, 2.45) is 0 Å². The lowest BCUT2D eigenvalue weighted by molar-refractivity contribution is 0.475. The van der Waals surface area contributed by atoms with Gasteiger partial charge in [-0.2, -0.15) is 0 Å². The highest BCUT2D eigenvalue weighted by Crippen LogP contribution is 2.14. The van der Waals surface area contributed by atoms with E-state index in [2.05, 4.69) is 26.3 Å². The van der Waals surface area contributed by atoms with Crippen molar-refractivity contribution in [1.29, 1.82) is 0 Å². The number of allylic oxidation sites excluding steroid dienone is 1. The summed E-state index contributed by atoms with van der Waals surface area (Å²) >= 11 is 0. The molecule has 1 nitrogen and oxygen atoms in total. The standard InChI is InChI=1S/C12H15O/c1-3-4-10(2)9-11-5-7-12(13)8-6-11/h4-9,13H,3H2,1-2H3. The van der Waals surface area contributed by atoms with Gasteiger partial charge in [-0.25, -0.2) is 0 Å². The summed E-state index contributed by atoms with van der Waals surface area (Å²) in [6, 6.07) is 7.21. The highest BCUT2D eigenvalue weighted by atomic mass is 16.3. The van der Waals surface area contributed by atoms with E-state index in [9.17, 15) is 0 Å². The summed E-state index contributed by atoms with van der Waals surface area (Å²) in [4.78, 5) is 0. The number of rotatable bonds is 3. The molecule has 1 aromatic rings. The molecule has 0 bridgehead atoms. The molecule has 1 radical (unpaired) electrons. The van der Waals surface area contributed by atoms with E-state index in [0.717, 1.165) is 12.0 Å². The fourth-order valence-corrected chi connectivity index (χ4v) is 1.21. The summed E-state index contributed by atoms with van der Waals surface area (Å²) in [6.07, 6.45) is 5.33. The first-order valence-corrected chi connectivity index (χ1v) is 4.53. The molecular formula is C12H15O. The third kappa shape index (κ3) is 3.32. The molecule has 0 atom stereocenters. The fourth-order valence-electron chi connectivity index (χ4n) is 1.21. The maximum absolute atomic E-state index is 9.07. The van der Waals surface area contributed by atoms with Crippen LogP contribution in [0.2, 0.25) is 0 Å². The third-order valence-corrected chi connectivity index (χ3v) is 1.81. The first-order chi connectivity index (χ1) is 6.22. The van der Waals surface area contributed by atoms with Gasteiger partial charge < -0.3 is 5.11 Å². The average Bonchev–Trinajstić information content (AvgIpc) is 2.09. The van der Waals surface area contributed by atoms with Crippen LogP contribution in [0.15, 0.2) is 29.8 Å². The predicted molar refractivity (Wildman–Crippen MR) is 56.3 cm³/mol. The van der Waals surface area contributed by atoms with Gasteiger partial charge >= 0.3 is 0 Å². The van der Waals surface area contributed by atoms with Gasteiger partial charge in [-0.3, -0.25) is 0 Å². The largest absolute Gasteiger partial charge is 0.508 e. The monoisotopic (exact) mass is 175 g/mol. The Balaban J connectivity index is 2.73. The Hall–Kier alpha value is -1.24. The van der Waals surface area contributed by atoms with Gasteiger partial charge in [-0.1, -0.05) is 30.7 Å². The van der Waals surface area contributed by atoms with Gasteiger partial charge in [0.15, 0.2) is 0 Å². The van der Waals surface area contributed by atoms with E-state index in [-0.39, 0.29) is 0 Å². The van der Waals surface area contributed by atoms with Gasteiger partial charge in [-0.05, 0) is 37.5 Å². The quantitative estimate of drug-likeness (QED) is 0.746. The van der Waals surface area contributed by atoms with E-state index in [1.165, 1.54) is 5.57 Å². The SMILES string of the molecule is CC[CH]C(C)=Cc1ccc(O)cc1. The minimum atomic E-state index is 0.314. The molecule has 0 aromatic heterocycles. The van der Waals surface area contributed by atoms with Crippen molar-refractivity contribution in [2.75, 3.05) is 0 Å². The lowest BCUT2D eigenvalue weighted by Crippen LogP contribution is -1.77. The van der Waals surface area contributed by atoms with E-state index in [0.29, 0.717) is 5.75 Å². The van der Waals surface area contributed by atoms with Crippen molar-refractivity contribution >= 4 is 6.08 Å². The molecule has 0 amide bonds. The van der Waals surface area contributed by atoms with Gasteiger partial charge in [0.05, 0.1) is 0 Å². The number of hydrogen-bond acceptors (Lipinski definition) is 1. The molecular weight excluding hydrogens is 160 g/mol. The summed E-state index contributed by atoms with van der Waals surface area (Å²) in [5.74, 6) is 0.314. The van der Waals surface area contributed by atoms with Crippen LogP contribution in [-0.4, -0.2) is 5.11 Å². The Morgan fingerprint density at radius 2 is 1.92 bits per heavy atom. The summed E-state index contributed by atoms with van der Waals surface area (Å²) in [6.45, 7) is 4.20. The summed E-state index contributed by atoms with van der Waals surface area (Å²) < 4.78 is 0. The lowest BCUT2D eigenvalue weighted by atomic mass is 10.1. The molecule has 0 saturated heterocycles. The minimum absolute atomic E-state index is 0.314. The van der Waals surface area contributed by atoms with Gasteiger partial charge in [-0.15, -0.1) is 0 Å². The number of benzene rings is 1. The van der Waals surface area contributed by atoms with Crippen molar-refractivity contribution in [2.45, 2.75) is 20.3 Å². The molecule has 0 unspecified atom stereocenters. The van der Waals surface area contributed by atoms with Crippen molar-refractivity contribution in [3.05, 3.63) is 41.8 Å². The Labute approximate surface area is 79.7 Å². The molecule has 0 fully saturated rings. The normalized spacial score (nSPS) is 11.7. The molecule has 0 saturated carbocycles. The van der Waals surface area contributed by atoms with Crippen molar-refractivity contribution < 1.29 is 5.11 Å². The molecule has 0 aliphatic rings. The molecule has 1 rings (SSSR count). The molecule has 1 N–H and O–H groups in total. The Kier molecular flexibility index (Phi) is 3.56. The van der Waals surface area contributed by atoms with Crippen LogP contribution in [0.3, 0.4) is 0 Å². The first kappa shape index (κ1) is 9.85. The van der Waals surface area contributed by atoms with E-state index >= 15 is 0 Å². The highest BCUT2D eigenvalue weighted by molar-refractivity contribution is 5.55. The Morgan fingerprint density at radius 3 is 2.46 bits per heavy atom. The molecule has 0 aliphatic heterocycles. The fraction of sp³-hybridized carbons (Fsp3) is 0.250. The summed E-state index contributed by atoms with van der Waals surface area (Å²) in [5, 5.41) is 9.07. The maximum atomic E-state index is 9.07. The summed E-state index contributed by atoms with van der Waals surface area (Å²) in [7, 11) is 0. The van der Waals surface area contributed by atoms with Crippen molar-refractivity contribution in [1.82, 2.24) is 0 Å². The second-order valence-corrected chi connectivity index (χ2v) is 3.09. The molecule has 0 aliphatic carbocycles. The molecule has 0 heterocycles. The van der Waals surface area contributed by atoms with Crippen LogP contribution < -0.4 is 0 Å². The lowest BCUT2D eigenvalue weighted by Gasteiger charge is -1.98. The molecule has 69 valence electrons. The second-order valence-electron chi connectivity index (χ2n) is 3.09. The van der Waals surface area contributed by atoms with Gasteiger partial charge in [0.25, 0.3) is 0 Å². The number of phenolic OH excluding ortho intramolecular Hbond substituents is 1. The predicted octanol–water partition coefficient (Wildman–Crippen LogP) is 3.41. The van der Waals surface area contributed by atoms with Gasteiger partial charge in [0, 0.05) is 0 Å². The number of phenols is 1. The Morgan fingerprint density at radius 1 is 1.31 bits per heavy atom. The van der Waals surface area contributed by atoms with Crippen LogP contribution in [0.1, 0.15) is 25.8 Å². The van der Waals surface area contributed by atoms with E-state index in [1.54, 1.807) is 12.1 Å². The van der Waals surface area contributed by atoms with Crippen LogP contribution >= 0.6 is 0 Å². The van der Waals surface area contributed by atoms with E-state index < -0.39 is 0 Å².